The van der Waals surface area contributed by atoms with Crippen LogP contribution in [0.4, 0.5) is 0 Å². The number of aromatic nitrogens is 4. The number of rotatable bonds is 3. The molecule has 2 aromatic rings. The van der Waals surface area contributed by atoms with Gasteiger partial charge in [0.1, 0.15) is 0 Å². The van der Waals surface area contributed by atoms with E-state index in [1.807, 2.05) is 4.68 Å². The first-order chi connectivity index (χ1) is 9.33. The van der Waals surface area contributed by atoms with Crippen LogP contribution in [-0.4, -0.2) is 32.8 Å². The van der Waals surface area contributed by atoms with Crippen molar-refractivity contribution in [3.63, 3.8) is 0 Å². The molecule has 1 saturated heterocycles. The van der Waals surface area contributed by atoms with Crippen molar-refractivity contribution in [3.8, 4) is 5.69 Å². The summed E-state index contributed by atoms with van der Waals surface area (Å²) in [6.45, 7) is 3.19. The molecule has 1 fully saturated rings. The van der Waals surface area contributed by atoms with Gasteiger partial charge in [-0.3, -0.25) is 0 Å². The van der Waals surface area contributed by atoms with Gasteiger partial charge in [0.15, 0.2) is 5.82 Å². The number of nitrogens with zero attached hydrogens (tertiary/aromatic N) is 4. The maximum atomic E-state index is 4.17. The predicted octanol–water partition coefficient (Wildman–Crippen LogP) is 1.66. The fourth-order valence-corrected chi connectivity index (χ4v) is 2.54. The molecule has 1 N–H and O–H groups in total. The topological polar surface area (TPSA) is 55.6 Å². The van der Waals surface area contributed by atoms with E-state index in [1.54, 1.807) is 0 Å². The van der Waals surface area contributed by atoms with E-state index in [9.17, 15) is 0 Å². The van der Waals surface area contributed by atoms with Crippen LogP contribution in [0.1, 0.15) is 30.7 Å². The van der Waals surface area contributed by atoms with Crippen molar-refractivity contribution in [1.82, 2.24) is 25.5 Å². The first kappa shape index (κ1) is 12.3. The molecule has 0 radical (unpaired) electrons. The summed E-state index contributed by atoms with van der Waals surface area (Å²) in [5.41, 5.74) is 2.27. The van der Waals surface area contributed by atoms with Crippen LogP contribution >= 0.6 is 0 Å². The summed E-state index contributed by atoms with van der Waals surface area (Å²) < 4.78 is 1.84. The van der Waals surface area contributed by atoms with E-state index in [2.05, 4.69) is 52.0 Å². The van der Waals surface area contributed by atoms with Gasteiger partial charge in [0.05, 0.1) is 5.69 Å². The highest BCUT2D eigenvalue weighted by Crippen LogP contribution is 2.14. The Labute approximate surface area is 113 Å². The molecular formula is C14H19N5. The van der Waals surface area contributed by atoms with Crippen molar-refractivity contribution in [1.29, 1.82) is 0 Å². The van der Waals surface area contributed by atoms with Gasteiger partial charge in [-0.2, -0.15) is 4.68 Å². The monoisotopic (exact) mass is 257 g/mol. The molecule has 19 heavy (non-hydrogen) atoms. The lowest BCUT2D eigenvalue weighted by molar-refractivity contribution is 0.392. The molecule has 1 aliphatic rings. The first-order valence-corrected chi connectivity index (χ1v) is 6.90. The van der Waals surface area contributed by atoms with Crippen LogP contribution < -0.4 is 5.32 Å². The largest absolute Gasteiger partial charge is 0.314 e. The van der Waals surface area contributed by atoms with Crippen molar-refractivity contribution in [3.05, 3.63) is 35.7 Å². The van der Waals surface area contributed by atoms with Gasteiger partial charge < -0.3 is 5.32 Å². The van der Waals surface area contributed by atoms with Crippen molar-refractivity contribution in [2.45, 2.75) is 38.6 Å². The van der Waals surface area contributed by atoms with E-state index >= 15 is 0 Å². The van der Waals surface area contributed by atoms with E-state index in [-0.39, 0.29) is 0 Å². The van der Waals surface area contributed by atoms with Crippen LogP contribution in [-0.2, 0) is 6.42 Å². The molecule has 0 spiro atoms. The molecule has 2 heterocycles. The highest BCUT2D eigenvalue weighted by atomic mass is 15.5. The van der Waals surface area contributed by atoms with Gasteiger partial charge in [-0.15, -0.1) is 5.10 Å². The molecule has 1 atom stereocenters. The summed E-state index contributed by atoms with van der Waals surface area (Å²) in [7, 11) is 0. The SMILES string of the molecule is Cc1ccc(-n2nnnc2CC2CCCCN2)cc1. The van der Waals surface area contributed by atoms with Crippen LogP contribution in [0, 0.1) is 6.92 Å². The van der Waals surface area contributed by atoms with Crippen molar-refractivity contribution < 1.29 is 0 Å². The molecule has 5 nitrogen and oxygen atoms in total. The van der Waals surface area contributed by atoms with E-state index < -0.39 is 0 Å². The van der Waals surface area contributed by atoms with Gasteiger partial charge in [-0.25, -0.2) is 0 Å². The summed E-state index contributed by atoms with van der Waals surface area (Å²) >= 11 is 0. The fourth-order valence-electron chi connectivity index (χ4n) is 2.54. The second kappa shape index (κ2) is 5.48. The molecule has 1 unspecified atom stereocenters. The highest BCUT2D eigenvalue weighted by Gasteiger charge is 2.17. The first-order valence-electron chi connectivity index (χ1n) is 6.90. The van der Waals surface area contributed by atoms with Crippen LogP contribution in [0.25, 0.3) is 5.69 Å². The van der Waals surface area contributed by atoms with Crippen molar-refractivity contribution in [2.24, 2.45) is 0 Å². The zero-order chi connectivity index (χ0) is 13.1. The summed E-state index contributed by atoms with van der Waals surface area (Å²) in [5.74, 6) is 0.934. The lowest BCUT2D eigenvalue weighted by atomic mass is 10.0. The summed E-state index contributed by atoms with van der Waals surface area (Å²) in [5, 5.41) is 15.6. The molecule has 1 aliphatic heterocycles. The Bertz CT molecular complexity index is 525. The minimum atomic E-state index is 0.504. The molecule has 0 bridgehead atoms. The third-order valence-corrected chi connectivity index (χ3v) is 3.65. The minimum absolute atomic E-state index is 0.504. The number of hydrogen-bond donors (Lipinski definition) is 1. The lowest BCUT2D eigenvalue weighted by Gasteiger charge is -2.22. The number of nitrogens with one attached hydrogen (secondary N) is 1. The van der Waals surface area contributed by atoms with Gasteiger partial charge in [0, 0.05) is 12.5 Å². The Balaban J connectivity index is 1.79. The van der Waals surface area contributed by atoms with Crippen molar-refractivity contribution >= 4 is 0 Å². The Hall–Kier alpha value is -1.75. The van der Waals surface area contributed by atoms with Gasteiger partial charge in [0.25, 0.3) is 0 Å². The summed E-state index contributed by atoms with van der Waals surface area (Å²) in [6, 6.07) is 8.79. The molecule has 0 aliphatic carbocycles. The van der Waals surface area contributed by atoms with Gasteiger partial charge in [-0.1, -0.05) is 24.1 Å². The molecule has 100 valence electrons. The second-order valence-corrected chi connectivity index (χ2v) is 5.19. The average molecular weight is 257 g/mol. The van der Waals surface area contributed by atoms with Crippen LogP contribution in [0.3, 0.4) is 0 Å². The zero-order valence-corrected chi connectivity index (χ0v) is 11.2. The third kappa shape index (κ3) is 2.81. The molecule has 1 aromatic heterocycles. The smallest absolute Gasteiger partial charge is 0.158 e. The van der Waals surface area contributed by atoms with Crippen LogP contribution in [0.15, 0.2) is 24.3 Å². The predicted molar refractivity (Wildman–Crippen MR) is 73.2 cm³/mol. The van der Waals surface area contributed by atoms with Crippen LogP contribution in [0.5, 0.6) is 0 Å². The van der Waals surface area contributed by atoms with E-state index in [1.165, 1.54) is 24.8 Å². The number of benzene rings is 1. The second-order valence-electron chi connectivity index (χ2n) is 5.19. The quantitative estimate of drug-likeness (QED) is 0.908. The van der Waals surface area contributed by atoms with Gasteiger partial charge in [0.2, 0.25) is 0 Å². The number of aryl methyl sites for hydroxylation is 1. The van der Waals surface area contributed by atoms with E-state index in [4.69, 9.17) is 0 Å². The Kier molecular flexibility index (Phi) is 3.55. The van der Waals surface area contributed by atoms with Crippen molar-refractivity contribution in [2.75, 3.05) is 6.54 Å². The zero-order valence-electron chi connectivity index (χ0n) is 11.2. The minimum Gasteiger partial charge on any atom is -0.314 e. The number of piperidine rings is 1. The van der Waals surface area contributed by atoms with E-state index in [0.29, 0.717) is 6.04 Å². The van der Waals surface area contributed by atoms with Gasteiger partial charge >= 0.3 is 0 Å². The number of tetrazole rings is 1. The Morgan fingerprint density at radius 3 is 2.84 bits per heavy atom. The van der Waals surface area contributed by atoms with E-state index in [0.717, 1.165) is 24.5 Å². The Morgan fingerprint density at radius 2 is 2.11 bits per heavy atom. The molecular weight excluding hydrogens is 238 g/mol. The molecule has 0 saturated carbocycles. The molecule has 1 aromatic carbocycles. The normalized spacial score (nSPS) is 19.5. The average Bonchev–Trinajstić information content (AvgIpc) is 2.89. The molecule has 3 rings (SSSR count). The summed E-state index contributed by atoms with van der Waals surface area (Å²) in [6.07, 6.45) is 4.67. The molecule has 0 amide bonds. The third-order valence-electron chi connectivity index (χ3n) is 3.65. The number of hydrogen-bond acceptors (Lipinski definition) is 4. The maximum absolute atomic E-state index is 4.17. The van der Waals surface area contributed by atoms with Gasteiger partial charge in [-0.05, 0) is 48.9 Å². The highest BCUT2D eigenvalue weighted by molar-refractivity contribution is 5.33. The maximum Gasteiger partial charge on any atom is 0.158 e. The van der Waals surface area contributed by atoms with Crippen LogP contribution in [0.2, 0.25) is 0 Å². The fraction of sp³-hybridized carbons (Fsp3) is 0.500. The Morgan fingerprint density at radius 1 is 1.26 bits per heavy atom. The summed E-state index contributed by atoms with van der Waals surface area (Å²) in [4.78, 5) is 0. The standard InChI is InChI=1S/C14H19N5/c1-11-5-7-13(8-6-11)19-14(16-17-18-19)10-12-4-2-3-9-15-12/h5-8,12,15H,2-4,9-10H2,1H3. The lowest BCUT2D eigenvalue weighted by Crippen LogP contribution is -2.36. The molecule has 5 heteroatoms.